The van der Waals surface area contributed by atoms with Crippen LogP contribution in [0.5, 0.6) is 0 Å². The van der Waals surface area contributed by atoms with Crippen LogP contribution in [0.25, 0.3) is 11.0 Å². The second-order valence-electron chi connectivity index (χ2n) is 6.77. The highest BCUT2D eigenvalue weighted by atomic mass is 35.5. The fraction of sp³-hybridized carbons (Fsp3) is 0. The van der Waals surface area contributed by atoms with Crippen LogP contribution in [-0.4, -0.2) is 21.8 Å². The number of fused-ring (bicyclic) bond motifs is 1. The quantitative estimate of drug-likeness (QED) is 0.399. The van der Waals surface area contributed by atoms with E-state index in [1.165, 1.54) is 30.5 Å². The number of halogens is 3. The lowest BCUT2D eigenvalue weighted by Gasteiger charge is -2.12. The molecule has 10 heteroatoms. The normalized spacial score (nSPS) is 10.5. The summed E-state index contributed by atoms with van der Waals surface area (Å²) < 4.78 is 29.5. The Balaban J connectivity index is 1.63. The summed E-state index contributed by atoms with van der Waals surface area (Å²) in [4.78, 5) is 33.2. The van der Waals surface area contributed by atoms with E-state index in [9.17, 15) is 14.0 Å². The van der Waals surface area contributed by atoms with E-state index in [-0.39, 0.29) is 16.8 Å². The maximum atomic E-state index is 15.1. The standard InChI is InChI=1S/C23H12ClF2N5O2/c24-13-2-1-3-14(9-13)30-23(33)31-18-7-5-16(25)20(21(18)26)22(32)12-4-6-17-19(8-12)29-15(10-27)11-28-17/h1-9,11H,(H2,30,31,33). The van der Waals surface area contributed by atoms with Crippen molar-refractivity contribution in [1.82, 2.24) is 9.97 Å². The second-order valence-corrected chi connectivity index (χ2v) is 7.21. The van der Waals surface area contributed by atoms with Crippen LogP contribution in [-0.2, 0) is 0 Å². The highest BCUT2D eigenvalue weighted by molar-refractivity contribution is 6.30. The fourth-order valence-electron chi connectivity index (χ4n) is 3.06. The molecule has 0 fully saturated rings. The van der Waals surface area contributed by atoms with Crippen molar-refractivity contribution in [3.63, 3.8) is 0 Å². The Kier molecular flexibility index (Phi) is 5.93. The minimum absolute atomic E-state index is 0.0290. The predicted octanol–water partition coefficient (Wildman–Crippen LogP) is 5.31. The summed E-state index contributed by atoms with van der Waals surface area (Å²) in [7, 11) is 0. The molecule has 4 aromatic rings. The number of aromatic nitrogens is 2. The zero-order chi connectivity index (χ0) is 23.5. The maximum Gasteiger partial charge on any atom is 0.323 e. The molecule has 7 nitrogen and oxygen atoms in total. The van der Waals surface area contributed by atoms with Crippen LogP contribution in [0.1, 0.15) is 21.6 Å². The third-order valence-electron chi connectivity index (χ3n) is 4.57. The Morgan fingerprint density at radius 1 is 1.00 bits per heavy atom. The third kappa shape index (κ3) is 4.61. The third-order valence-corrected chi connectivity index (χ3v) is 4.80. The molecule has 0 atom stereocenters. The van der Waals surface area contributed by atoms with Crippen LogP contribution in [0.4, 0.5) is 25.0 Å². The van der Waals surface area contributed by atoms with E-state index in [1.807, 2.05) is 6.07 Å². The summed E-state index contributed by atoms with van der Waals surface area (Å²) in [5, 5.41) is 14.1. The number of rotatable bonds is 4. The molecule has 0 unspecified atom stereocenters. The fourth-order valence-corrected chi connectivity index (χ4v) is 3.25. The first-order chi connectivity index (χ1) is 15.9. The van der Waals surface area contributed by atoms with Gasteiger partial charge in [0.1, 0.15) is 11.9 Å². The number of ketones is 1. The van der Waals surface area contributed by atoms with Gasteiger partial charge in [-0.3, -0.25) is 9.78 Å². The van der Waals surface area contributed by atoms with Crippen molar-refractivity contribution in [3.8, 4) is 6.07 Å². The number of nitrogens with one attached hydrogen (secondary N) is 2. The van der Waals surface area contributed by atoms with Crippen molar-refractivity contribution in [2.45, 2.75) is 0 Å². The molecule has 162 valence electrons. The lowest BCUT2D eigenvalue weighted by molar-refractivity contribution is 0.103. The van der Waals surface area contributed by atoms with Gasteiger partial charge in [0.2, 0.25) is 0 Å². The number of carbonyl (C=O) groups is 2. The van der Waals surface area contributed by atoms with Crippen molar-refractivity contribution in [2.75, 3.05) is 10.6 Å². The van der Waals surface area contributed by atoms with E-state index in [1.54, 1.807) is 18.2 Å². The minimum atomic E-state index is -1.24. The zero-order valence-corrected chi connectivity index (χ0v) is 17.3. The van der Waals surface area contributed by atoms with Crippen molar-refractivity contribution < 1.29 is 18.4 Å². The van der Waals surface area contributed by atoms with Crippen LogP contribution in [0, 0.1) is 23.0 Å². The molecule has 3 aromatic carbocycles. The number of hydrogen-bond donors (Lipinski definition) is 2. The molecule has 0 saturated heterocycles. The van der Waals surface area contributed by atoms with Crippen LogP contribution in [0.2, 0.25) is 5.02 Å². The molecular weight excluding hydrogens is 452 g/mol. The SMILES string of the molecule is N#Cc1cnc2ccc(C(=O)c3c(F)ccc(NC(=O)Nc4cccc(Cl)c4)c3F)cc2n1. The Bertz CT molecular complexity index is 1470. The highest BCUT2D eigenvalue weighted by Crippen LogP contribution is 2.25. The van der Waals surface area contributed by atoms with Crippen LogP contribution in [0.3, 0.4) is 0 Å². The summed E-state index contributed by atoms with van der Waals surface area (Å²) in [6.07, 6.45) is 1.27. The topological polar surface area (TPSA) is 108 Å². The monoisotopic (exact) mass is 463 g/mol. The summed E-state index contributed by atoms with van der Waals surface area (Å²) in [5.41, 5.74) is -0.305. The van der Waals surface area contributed by atoms with Gasteiger partial charge in [-0.2, -0.15) is 5.26 Å². The number of hydrogen-bond acceptors (Lipinski definition) is 5. The van der Waals surface area contributed by atoms with E-state index in [2.05, 4.69) is 20.6 Å². The number of benzene rings is 3. The first-order valence-electron chi connectivity index (χ1n) is 9.39. The van der Waals surface area contributed by atoms with Gasteiger partial charge in [0, 0.05) is 16.3 Å². The molecule has 0 spiro atoms. The van der Waals surface area contributed by atoms with Crippen LogP contribution >= 0.6 is 11.6 Å². The molecule has 0 aliphatic carbocycles. The summed E-state index contributed by atoms with van der Waals surface area (Å²) in [6, 6.07) is 13.3. The van der Waals surface area contributed by atoms with E-state index in [4.69, 9.17) is 16.9 Å². The lowest BCUT2D eigenvalue weighted by Crippen LogP contribution is -2.21. The first kappa shape index (κ1) is 21.8. The van der Waals surface area contributed by atoms with Crippen LogP contribution in [0.15, 0.2) is 60.8 Å². The van der Waals surface area contributed by atoms with Crippen molar-refractivity contribution in [2.24, 2.45) is 0 Å². The average Bonchev–Trinajstić information content (AvgIpc) is 2.80. The van der Waals surface area contributed by atoms with Gasteiger partial charge < -0.3 is 10.6 Å². The first-order valence-corrected chi connectivity index (χ1v) is 9.76. The van der Waals surface area contributed by atoms with E-state index >= 15 is 4.39 Å². The molecule has 0 bridgehead atoms. The molecule has 0 saturated carbocycles. The van der Waals surface area contributed by atoms with Crippen molar-refractivity contribution in [3.05, 3.63) is 94.3 Å². The van der Waals surface area contributed by atoms with Crippen molar-refractivity contribution >= 4 is 45.8 Å². The van der Waals surface area contributed by atoms with Gasteiger partial charge in [0.15, 0.2) is 17.3 Å². The van der Waals surface area contributed by atoms with Crippen molar-refractivity contribution in [1.29, 1.82) is 5.26 Å². The molecule has 2 amide bonds. The van der Waals surface area contributed by atoms with Gasteiger partial charge in [0.05, 0.1) is 28.5 Å². The molecule has 33 heavy (non-hydrogen) atoms. The van der Waals surface area contributed by atoms with Gasteiger partial charge in [0.25, 0.3) is 0 Å². The predicted molar refractivity (Wildman–Crippen MR) is 118 cm³/mol. The molecule has 0 aliphatic rings. The Morgan fingerprint density at radius 3 is 2.58 bits per heavy atom. The Labute approximate surface area is 190 Å². The van der Waals surface area contributed by atoms with Crippen LogP contribution < -0.4 is 10.6 Å². The summed E-state index contributed by atoms with van der Waals surface area (Å²) in [5.74, 6) is -3.30. The summed E-state index contributed by atoms with van der Waals surface area (Å²) in [6.45, 7) is 0. The van der Waals surface area contributed by atoms with E-state index < -0.39 is 34.7 Å². The van der Waals surface area contributed by atoms with Gasteiger partial charge in [-0.1, -0.05) is 17.7 Å². The number of amides is 2. The molecule has 1 aromatic heterocycles. The molecule has 4 rings (SSSR count). The number of carbonyl (C=O) groups excluding carboxylic acids is 2. The minimum Gasteiger partial charge on any atom is -0.308 e. The number of urea groups is 1. The van der Waals surface area contributed by atoms with E-state index in [0.717, 1.165) is 12.1 Å². The van der Waals surface area contributed by atoms with Gasteiger partial charge >= 0.3 is 6.03 Å². The Hall–Kier alpha value is -4.42. The van der Waals surface area contributed by atoms with E-state index in [0.29, 0.717) is 16.2 Å². The maximum absolute atomic E-state index is 15.1. The van der Waals surface area contributed by atoms with Gasteiger partial charge in [-0.15, -0.1) is 0 Å². The number of anilines is 2. The molecule has 0 radical (unpaired) electrons. The molecule has 2 N–H and O–H groups in total. The molecule has 1 heterocycles. The molecule has 0 aliphatic heterocycles. The Morgan fingerprint density at radius 2 is 1.82 bits per heavy atom. The highest BCUT2D eigenvalue weighted by Gasteiger charge is 2.23. The smallest absolute Gasteiger partial charge is 0.308 e. The second kappa shape index (κ2) is 8.98. The zero-order valence-electron chi connectivity index (χ0n) is 16.6. The summed E-state index contributed by atoms with van der Waals surface area (Å²) >= 11 is 5.86. The van der Waals surface area contributed by atoms with Gasteiger partial charge in [-0.25, -0.2) is 18.6 Å². The molecular formula is C23H12ClF2N5O2. The number of nitriles is 1. The number of nitrogens with zero attached hydrogens (tertiary/aromatic N) is 3. The largest absolute Gasteiger partial charge is 0.323 e. The average molecular weight is 464 g/mol. The lowest BCUT2D eigenvalue weighted by atomic mass is 10.0. The van der Waals surface area contributed by atoms with Gasteiger partial charge in [-0.05, 0) is 48.5 Å².